The van der Waals surface area contributed by atoms with E-state index in [9.17, 15) is 4.79 Å². The third-order valence-electron chi connectivity index (χ3n) is 5.11. The number of hydrogen-bond acceptors (Lipinski definition) is 2. The summed E-state index contributed by atoms with van der Waals surface area (Å²) in [5, 5.41) is 0. The second kappa shape index (κ2) is 5.73. The van der Waals surface area contributed by atoms with Gasteiger partial charge in [-0.05, 0) is 66.5 Å². The minimum atomic E-state index is 0.175. The first kappa shape index (κ1) is 14.3. The number of benzene rings is 2. The van der Waals surface area contributed by atoms with E-state index in [0.29, 0.717) is 6.42 Å². The lowest BCUT2D eigenvalue weighted by Gasteiger charge is -2.30. The Morgan fingerprint density at radius 3 is 2.83 bits per heavy atom. The molecule has 4 rings (SSSR count). The Bertz CT molecular complexity index is 766. The van der Waals surface area contributed by atoms with E-state index in [4.69, 9.17) is 5.73 Å². The lowest BCUT2D eigenvalue weighted by atomic mass is 9.98. The monoisotopic (exact) mass is 306 g/mol. The number of nitrogen functional groups attached to an aromatic ring is 1. The molecule has 23 heavy (non-hydrogen) atoms. The molecule has 0 saturated carbocycles. The largest absolute Gasteiger partial charge is 0.398 e. The number of rotatable bonds is 2. The van der Waals surface area contributed by atoms with E-state index in [-0.39, 0.29) is 5.91 Å². The van der Waals surface area contributed by atoms with E-state index < -0.39 is 0 Å². The number of anilines is 2. The fourth-order valence-electron chi connectivity index (χ4n) is 3.92. The smallest absolute Gasteiger partial charge is 0.231 e. The average molecular weight is 306 g/mol. The van der Waals surface area contributed by atoms with E-state index in [0.717, 1.165) is 48.3 Å². The third-order valence-corrected chi connectivity index (χ3v) is 5.11. The molecule has 0 radical (unpaired) electrons. The highest BCUT2D eigenvalue weighted by molar-refractivity contribution is 5.96. The summed E-state index contributed by atoms with van der Waals surface area (Å²) < 4.78 is 0. The second-order valence-corrected chi connectivity index (χ2v) is 6.63. The molecule has 0 bridgehead atoms. The Morgan fingerprint density at radius 1 is 1.04 bits per heavy atom. The molecule has 0 aromatic heterocycles. The number of amides is 1. The van der Waals surface area contributed by atoms with Gasteiger partial charge in [-0.25, -0.2) is 0 Å². The summed E-state index contributed by atoms with van der Waals surface area (Å²) in [7, 11) is 0. The first-order valence-corrected chi connectivity index (χ1v) is 8.51. The van der Waals surface area contributed by atoms with Crippen LogP contribution < -0.4 is 10.6 Å². The minimum absolute atomic E-state index is 0.175. The zero-order valence-electron chi connectivity index (χ0n) is 13.3. The summed E-state index contributed by atoms with van der Waals surface area (Å²) in [6, 6.07) is 12.4. The molecule has 1 aliphatic heterocycles. The van der Waals surface area contributed by atoms with Crippen molar-refractivity contribution in [3.8, 4) is 0 Å². The second-order valence-electron chi connectivity index (χ2n) is 6.63. The number of nitrogens with two attached hydrogens (primary N) is 1. The van der Waals surface area contributed by atoms with Gasteiger partial charge in [0.05, 0.1) is 6.42 Å². The van der Waals surface area contributed by atoms with Crippen LogP contribution in [-0.2, 0) is 30.5 Å². The van der Waals surface area contributed by atoms with E-state index in [2.05, 4.69) is 18.2 Å². The highest BCUT2D eigenvalue weighted by Gasteiger charge is 2.24. The molecule has 2 aromatic rings. The van der Waals surface area contributed by atoms with E-state index in [1.54, 1.807) is 0 Å². The van der Waals surface area contributed by atoms with Gasteiger partial charge in [-0.1, -0.05) is 24.3 Å². The minimum Gasteiger partial charge on any atom is -0.398 e. The van der Waals surface area contributed by atoms with Crippen LogP contribution in [0.1, 0.15) is 35.1 Å². The number of nitrogens with zero attached hydrogens (tertiary/aromatic N) is 1. The predicted molar refractivity (Wildman–Crippen MR) is 93.7 cm³/mol. The van der Waals surface area contributed by atoms with Crippen LogP contribution in [0.5, 0.6) is 0 Å². The molecule has 0 spiro atoms. The maximum atomic E-state index is 12.8. The highest BCUT2D eigenvalue weighted by Crippen LogP contribution is 2.32. The van der Waals surface area contributed by atoms with Gasteiger partial charge in [0.15, 0.2) is 0 Å². The van der Waals surface area contributed by atoms with Crippen molar-refractivity contribution in [2.75, 3.05) is 17.2 Å². The molecule has 2 aliphatic rings. The Kier molecular flexibility index (Phi) is 3.56. The molecular weight excluding hydrogens is 284 g/mol. The Morgan fingerprint density at radius 2 is 1.91 bits per heavy atom. The first-order chi connectivity index (χ1) is 11.2. The van der Waals surface area contributed by atoms with E-state index in [1.165, 1.54) is 24.0 Å². The van der Waals surface area contributed by atoms with Gasteiger partial charge in [-0.2, -0.15) is 0 Å². The SMILES string of the molecule is Nc1cccc2c1CCCN2C(=O)Cc1ccc2c(c1)CCC2. The molecule has 2 aromatic carbocycles. The van der Waals surface area contributed by atoms with Gasteiger partial charge in [-0.15, -0.1) is 0 Å². The lowest BCUT2D eigenvalue weighted by Crippen LogP contribution is -2.36. The standard InChI is InChI=1S/C20H22N2O/c21-18-7-2-8-19-17(18)6-3-11-22(19)20(23)13-14-9-10-15-4-1-5-16(15)12-14/h2,7-10,12H,1,3-6,11,13,21H2. The van der Waals surface area contributed by atoms with Crippen LogP contribution in [0.3, 0.4) is 0 Å². The first-order valence-electron chi connectivity index (χ1n) is 8.51. The van der Waals surface area contributed by atoms with Crippen LogP contribution in [0.15, 0.2) is 36.4 Å². The quantitative estimate of drug-likeness (QED) is 0.866. The van der Waals surface area contributed by atoms with Crippen LogP contribution in [0, 0.1) is 0 Å². The van der Waals surface area contributed by atoms with Gasteiger partial charge >= 0.3 is 0 Å². The molecule has 2 N–H and O–H groups in total. The van der Waals surface area contributed by atoms with Gasteiger partial charge in [0, 0.05) is 17.9 Å². The molecule has 118 valence electrons. The number of aryl methyl sites for hydroxylation is 2. The predicted octanol–water partition coefficient (Wildman–Crippen LogP) is 3.28. The highest BCUT2D eigenvalue weighted by atomic mass is 16.2. The Labute approximate surface area is 137 Å². The third kappa shape index (κ3) is 2.61. The number of fused-ring (bicyclic) bond motifs is 2. The van der Waals surface area contributed by atoms with Gasteiger partial charge in [0.25, 0.3) is 0 Å². The van der Waals surface area contributed by atoms with Crippen molar-refractivity contribution in [2.45, 2.75) is 38.5 Å². The van der Waals surface area contributed by atoms with Crippen molar-refractivity contribution >= 4 is 17.3 Å². The summed E-state index contributed by atoms with van der Waals surface area (Å²) >= 11 is 0. The summed E-state index contributed by atoms with van der Waals surface area (Å²) in [4.78, 5) is 14.7. The van der Waals surface area contributed by atoms with Gasteiger partial charge in [0.1, 0.15) is 0 Å². The van der Waals surface area contributed by atoms with Crippen LogP contribution in [0.25, 0.3) is 0 Å². The normalized spacial score (nSPS) is 16.1. The molecule has 1 amide bonds. The van der Waals surface area contributed by atoms with Gasteiger partial charge in [0.2, 0.25) is 5.91 Å². The summed E-state index contributed by atoms with van der Waals surface area (Å²) in [5.74, 6) is 0.175. The fourth-order valence-corrected chi connectivity index (χ4v) is 3.92. The molecule has 3 heteroatoms. The molecule has 0 unspecified atom stereocenters. The Balaban J connectivity index is 1.58. The summed E-state index contributed by atoms with van der Waals surface area (Å²) in [6.45, 7) is 0.792. The molecule has 0 fully saturated rings. The molecule has 3 nitrogen and oxygen atoms in total. The van der Waals surface area contributed by atoms with Crippen molar-refractivity contribution in [3.63, 3.8) is 0 Å². The molecular formula is C20H22N2O. The maximum absolute atomic E-state index is 12.8. The van der Waals surface area contributed by atoms with Gasteiger partial charge < -0.3 is 10.6 Å². The van der Waals surface area contributed by atoms with Crippen molar-refractivity contribution in [1.29, 1.82) is 0 Å². The topological polar surface area (TPSA) is 46.3 Å². The van der Waals surface area contributed by atoms with Crippen LogP contribution in [0.2, 0.25) is 0 Å². The van der Waals surface area contributed by atoms with E-state index in [1.807, 2.05) is 23.1 Å². The van der Waals surface area contributed by atoms with Crippen LogP contribution >= 0.6 is 0 Å². The molecule has 1 heterocycles. The van der Waals surface area contributed by atoms with Crippen molar-refractivity contribution in [1.82, 2.24) is 0 Å². The number of carbonyl (C=O) groups excluding carboxylic acids is 1. The molecule has 1 aliphatic carbocycles. The van der Waals surface area contributed by atoms with Crippen molar-refractivity contribution < 1.29 is 4.79 Å². The average Bonchev–Trinajstić information content (AvgIpc) is 3.02. The zero-order valence-corrected chi connectivity index (χ0v) is 13.3. The zero-order chi connectivity index (χ0) is 15.8. The fraction of sp³-hybridized carbons (Fsp3) is 0.350. The van der Waals surface area contributed by atoms with Gasteiger partial charge in [-0.3, -0.25) is 4.79 Å². The van der Waals surface area contributed by atoms with E-state index >= 15 is 0 Å². The molecule has 0 saturated heterocycles. The van der Waals surface area contributed by atoms with Crippen LogP contribution in [-0.4, -0.2) is 12.5 Å². The number of carbonyl (C=O) groups is 1. The van der Waals surface area contributed by atoms with Crippen molar-refractivity contribution in [3.05, 3.63) is 58.7 Å². The van der Waals surface area contributed by atoms with Crippen LogP contribution in [0.4, 0.5) is 11.4 Å². The Hall–Kier alpha value is -2.29. The van der Waals surface area contributed by atoms with Crippen molar-refractivity contribution in [2.24, 2.45) is 0 Å². The summed E-state index contributed by atoms with van der Waals surface area (Å²) in [5.41, 5.74) is 13.0. The number of hydrogen-bond donors (Lipinski definition) is 1. The lowest BCUT2D eigenvalue weighted by molar-refractivity contribution is -0.118. The summed E-state index contributed by atoms with van der Waals surface area (Å²) in [6.07, 6.45) is 6.00. The molecule has 0 atom stereocenters. The maximum Gasteiger partial charge on any atom is 0.231 e.